The Balaban J connectivity index is 2.58. The molecule has 1 heterocycles. The van der Waals surface area contributed by atoms with Gasteiger partial charge in [-0.05, 0) is 49.5 Å². The van der Waals surface area contributed by atoms with Crippen LogP contribution in [0.1, 0.15) is 42.1 Å². The number of pyridine rings is 1. The molecule has 0 unspecified atom stereocenters. The molecule has 0 spiro atoms. The number of fused-ring (bicyclic) bond motifs is 1. The fourth-order valence-corrected chi connectivity index (χ4v) is 3.13. The molecule has 84 valence electrons. The highest BCUT2D eigenvalue weighted by Gasteiger charge is 2.19. The van der Waals surface area contributed by atoms with Crippen LogP contribution in [0.3, 0.4) is 0 Å². The molecule has 2 nitrogen and oxygen atoms in total. The van der Waals surface area contributed by atoms with Crippen LogP contribution in [0.4, 0.5) is 0 Å². The highest BCUT2D eigenvalue weighted by molar-refractivity contribution is 7.99. The van der Waals surface area contributed by atoms with Gasteiger partial charge in [0.25, 0.3) is 0 Å². The molecule has 16 heavy (non-hydrogen) atoms. The van der Waals surface area contributed by atoms with Crippen LogP contribution in [0.2, 0.25) is 0 Å². The molecule has 0 atom stereocenters. The van der Waals surface area contributed by atoms with Gasteiger partial charge in [0.05, 0.1) is 5.56 Å². The van der Waals surface area contributed by atoms with E-state index in [0.717, 1.165) is 34.9 Å². The number of aromatic nitrogens is 1. The molecule has 0 saturated carbocycles. The molecule has 0 radical (unpaired) electrons. The van der Waals surface area contributed by atoms with Crippen molar-refractivity contribution in [2.75, 3.05) is 5.75 Å². The predicted octanol–water partition coefficient (Wildman–Crippen LogP) is 3.25. The first-order chi connectivity index (χ1) is 7.77. The van der Waals surface area contributed by atoms with E-state index in [9.17, 15) is 5.26 Å². The Kier molecular flexibility index (Phi) is 3.50. The van der Waals surface area contributed by atoms with E-state index in [1.807, 2.05) is 0 Å². The quantitative estimate of drug-likeness (QED) is 0.734. The summed E-state index contributed by atoms with van der Waals surface area (Å²) >= 11 is 1.68. The number of nitriles is 1. The summed E-state index contributed by atoms with van der Waals surface area (Å²) in [4.78, 5) is 4.59. The third-order valence-corrected chi connectivity index (χ3v) is 3.94. The van der Waals surface area contributed by atoms with Crippen LogP contribution >= 0.6 is 11.8 Å². The van der Waals surface area contributed by atoms with E-state index in [4.69, 9.17) is 0 Å². The second-order valence-electron chi connectivity index (χ2n) is 4.09. The predicted molar refractivity (Wildman–Crippen MR) is 66.7 cm³/mol. The molecule has 0 amide bonds. The monoisotopic (exact) mass is 232 g/mol. The van der Waals surface area contributed by atoms with E-state index in [-0.39, 0.29) is 0 Å². The van der Waals surface area contributed by atoms with Gasteiger partial charge in [-0.2, -0.15) is 5.26 Å². The molecule has 0 fully saturated rings. The molecule has 0 N–H and O–H groups in total. The van der Waals surface area contributed by atoms with E-state index in [1.165, 1.54) is 24.0 Å². The van der Waals surface area contributed by atoms with Crippen molar-refractivity contribution in [2.24, 2.45) is 0 Å². The maximum Gasteiger partial charge on any atom is 0.114 e. The van der Waals surface area contributed by atoms with Crippen LogP contribution in [0.15, 0.2) is 5.03 Å². The molecule has 0 aromatic carbocycles. The fraction of sp³-hybridized carbons (Fsp3) is 0.538. The van der Waals surface area contributed by atoms with Gasteiger partial charge in [-0.1, -0.05) is 6.92 Å². The summed E-state index contributed by atoms with van der Waals surface area (Å²) in [6, 6.07) is 2.35. The Bertz CT molecular complexity index is 446. The third-order valence-electron chi connectivity index (χ3n) is 3.08. The van der Waals surface area contributed by atoms with Crippen molar-refractivity contribution in [3.05, 3.63) is 22.4 Å². The highest BCUT2D eigenvalue weighted by atomic mass is 32.2. The number of hydrogen-bond donors (Lipinski definition) is 0. The standard InChI is InChI=1S/C13H16N2S/c1-3-16-13-12(8-14)11-7-5-4-6-10(11)9(2)15-13/h3-7H2,1-2H3. The minimum atomic E-state index is 0.840. The molecule has 0 aliphatic heterocycles. The van der Waals surface area contributed by atoms with Gasteiger partial charge >= 0.3 is 0 Å². The van der Waals surface area contributed by atoms with Crippen LogP contribution in [-0.4, -0.2) is 10.7 Å². The first kappa shape index (κ1) is 11.5. The first-order valence-electron chi connectivity index (χ1n) is 5.83. The summed E-state index contributed by atoms with van der Waals surface area (Å²) in [6.45, 7) is 4.17. The average Bonchev–Trinajstić information content (AvgIpc) is 2.30. The van der Waals surface area contributed by atoms with E-state index < -0.39 is 0 Å². The van der Waals surface area contributed by atoms with Crippen LogP contribution < -0.4 is 0 Å². The number of hydrogen-bond acceptors (Lipinski definition) is 3. The molecule has 3 heteroatoms. The lowest BCUT2D eigenvalue weighted by atomic mass is 9.88. The van der Waals surface area contributed by atoms with Crippen LogP contribution in [0.5, 0.6) is 0 Å². The van der Waals surface area contributed by atoms with Crippen molar-refractivity contribution in [1.82, 2.24) is 4.98 Å². The minimum Gasteiger partial charge on any atom is -0.245 e. The summed E-state index contributed by atoms with van der Waals surface area (Å²) in [6.07, 6.45) is 4.60. The fourth-order valence-electron chi connectivity index (χ4n) is 2.34. The molecule has 0 saturated heterocycles. The minimum absolute atomic E-state index is 0.840. The molecule has 2 rings (SSSR count). The number of aryl methyl sites for hydroxylation is 1. The Labute approximate surface area is 101 Å². The van der Waals surface area contributed by atoms with Gasteiger partial charge in [-0.3, -0.25) is 0 Å². The van der Waals surface area contributed by atoms with E-state index in [0.29, 0.717) is 0 Å². The number of nitrogens with zero attached hydrogens (tertiary/aromatic N) is 2. The van der Waals surface area contributed by atoms with Gasteiger partial charge in [-0.15, -0.1) is 11.8 Å². The molecule has 1 aromatic rings. The van der Waals surface area contributed by atoms with Crippen molar-refractivity contribution in [2.45, 2.75) is 44.6 Å². The van der Waals surface area contributed by atoms with Gasteiger partial charge in [0, 0.05) is 5.69 Å². The maximum absolute atomic E-state index is 9.29. The molecule has 1 aliphatic rings. The first-order valence-corrected chi connectivity index (χ1v) is 6.81. The Morgan fingerprint density at radius 2 is 2.00 bits per heavy atom. The lowest BCUT2D eigenvalue weighted by Gasteiger charge is -2.20. The molecule has 0 bridgehead atoms. The Morgan fingerprint density at radius 3 is 2.62 bits per heavy atom. The highest BCUT2D eigenvalue weighted by Crippen LogP contribution is 2.31. The number of rotatable bonds is 2. The topological polar surface area (TPSA) is 36.7 Å². The van der Waals surface area contributed by atoms with Gasteiger partial charge in [0.15, 0.2) is 0 Å². The molecular formula is C13H16N2S. The van der Waals surface area contributed by atoms with E-state index in [1.54, 1.807) is 11.8 Å². The maximum atomic E-state index is 9.29. The normalized spacial score (nSPS) is 14.3. The summed E-state index contributed by atoms with van der Waals surface area (Å²) in [7, 11) is 0. The third kappa shape index (κ3) is 1.94. The zero-order chi connectivity index (χ0) is 11.5. The Hall–Kier alpha value is -1.01. The van der Waals surface area contributed by atoms with Crippen molar-refractivity contribution in [3.63, 3.8) is 0 Å². The SMILES string of the molecule is CCSc1nc(C)c2c(c1C#N)CCCC2. The summed E-state index contributed by atoms with van der Waals surface area (Å²) in [5.41, 5.74) is 4.58. The average molecular weight is 232 g/mol. The summed E-state index contributed by atoms with van der Waals surface area (Å²) in [5, 5.41) is 10.2. The van der Waals surface area contributed by atoms with Crippen molar-refractivity contribution < 1.29 is 0 Å². The van der Waals surface area contributed by atoms with Crippen LogP contribution in [0.25, 0.3) is 0 Å². The summed E-state index contributed by atoms with van der Waals surface area (Å²) < 4.78 is 0. The smallest absolute Gasteiger partial charge is 0.114 e. The Morgan fingerprint density at radius 1 is 1.31 bits per heavy atom. The molecular weight excluding hydrogens is 216 g/mol. The largest absolute Gasteiger partial charge is 0.245 e. The molecule has 1 aliphatic carbocycles. The van der Waals surface area contributed by atoms with Gasteiger partial charge in [-0.25, -0.2) is 4.98 Å². The summed E-state index contributed by atoms with van der Waals surface area (Å²) in [5.74, 6) is 0.972. The second kappa shape index (κ2) is 4.88. The van der Waals surface area contributed by atoms with Crippen molar-refractivity contribution in [1.29, 1.82) is 5.26 Å². The second-order valence-corrected chi connectivity index (χ2v) is 5.34. The lowest BCUT2D eigenvalue weighted by Crippen LogP contribution is -2.10. The van der Waals surface area contributed by atoms with Crippen LogP contribution in [0, 0.1) is 18.3 Å². The van der Waals surface area contributed by atoms with Crippen molar-refractivity contribution >= 4 is 11.8 Å². The zero-order valence-electron chi connectivity index (χ0n) is 9.84. The van der Waals surface area contributed by atoms with E-state index in [2.05, 4.69) is 24.9 Å². The van der Waals surface area contributed by atoms with Crippen LogP contribution in [-0.2, 0) is 12.8 Å². The van der Waals surface area contributed by atoms with Gasteiger partial charge < -0.3 is 0 Å². The van der Waals surface area contributed by atoms with E-state index >= 15 is 0 Å². The van der Waals surface area contributed by atoms with Crippen molar-refractivity contribution in [3.8, 4) is 6.07 Å². The van der Waals surface area contributed by atoms with Gasteiger partial charge in [0.2, 0.25) is 0 Å². The molecule has 1 aromatic heterocycles. The van der Waals surface area contributed by atoms with Gasteiger partial charge in [0.1, 0.15) is 11.1 Å². The zero-order valence-corrected chi connectivity index (χ0v) is 10.7. The number of thioether (sulfide) groups is 1. The lowest BCUT2D eigenvalue weighted by molar-refractivity contribution is 0.669.